The summed E-state index contributed by atoms with van der Waals surface area (Å²) in [4.78, 5) is 0. The van der Waals surface area contributed by atoms with Crippen LogP contribution in [-0.4, -0.2) is 22.7 Å². The first-order chi connectivity index (χ1) is 5.79. The number of aliphatic hydroxyl groups excluding tert-OH is 1. The molecule has 6 heteroatoms. The Morgan fingerprint density at radius 2 is 2.17 bits per heavy atom. The summed E-state index contributed by atoms with van der Waals surface area (Å²) < 4.78 is 3.65. The Balaban J connectivity index is 2.28. The lowest BCUT2D eigenvalue weighted by Gasteiger charge is -2.17. The number of hydrogen-bond donors (Lipinski definition) is 1. The monoisotopic (exact) mass is 254 g/mol. The second-order valence-corrected chi connectivity index (χ2v) is 8.34. The van der Waals surface area contributed by atoms with Gasteiger partial charge >= 0.3 is 0 Å². The molecule has 0 aliphatic carbocycles. The van der Waals surface area contributed by atoms with E-state index in [1.165, 1.54) is 8.42 Å². The van der Waals surface area contributed by atoms with Crippen molar-refractivity contribution >= 4 is 58.4 Å². The molecule has 1 atom stereocenters. The maximum absolute atomic E-state index is 8.97. The van der Waals surface area contributed by atoms with Gasteiger partial charge in [-0.05, 0) is 0 Å². The van der Waals surface area contributed by atoms with Crippen molar-refractivity contribution in [3.63, 3.8) is 0 Å². The average molecular weight is 254 g/mol. The molecule has 1 N–H and O–H groups in total. The maximum atomic E-state index is 8.97. The number of hydrogen-bond acceptors (Lipinski definition) is 6. The van der Waals surface area contributed by atoms with Crippen LogP contribution >= 0.6 is 58.4 Å². The molecule has 0 bridgehead atoms. The summed E-state index contributed by atoms with van der Waals surface area (Å²) in [6, 6.07) is 0. The molecule has 0 saturated carbocycles. The third-order valence-electron chi connectivity index (χ3n) is 1.40. The van der Waals surface area contributed by atoms with Crippen LogP contribution < -0.4 is 0 Å². The van der Waals surface area contributed by atoms with Crippen molar-refractivity contribution in [1.29, 1.82) is 0 Å². The molecule has 0 saturated heterocycles. The Labute approximate surface area is 92.2 Å². The molecular weight excluding hydrogens is 248 g/mol. The van der Waals surface area contributed by atoms with E-state index < -0.39 is 0 Å². The Kier molecular flexibility index (Phi) is 3.14. The number of thioether (sulfide) groups is 2. The minimum atomic E-state index is 0.270. The first kappa shape index (κ1) is 9.48. The first-order valence-electron chi connectivity index (χ1n) is 3.34. The fourth-order valence-corrected chi connectivity index (χ4v) is 7.32. The minimum absolute atomic E-state index is 0.270. The van der Waals surface area contributed by atoms with E-state index in [0.717, 1.165) is 8.89 Å². The van der Waals surface area contributed by atoms with E-state index in [1.807, 2.05) is 11.8 Å². The molecule has 1 aromatic rings. The predicted molar refractivity (Wildman–Crippen MR) is 60.5 cm³/mol. The highest BCUT2D eigenvalue weighted by atomic mass is 32.2. The van der Waals surface area contributed by atoms with E-state index in [9.17, 15) is 0 Å². The van der Waals surface area contributed by atoms with E-state index in [1.54, 1.807) is 34.4 Å². The van der Waals surface area contributed by atoms with Crippen LogP contribution in [0, 0.1) is 3.14 Å². The molecule has 0 spiro atoms. The predicted octanol–water partition coefficient (Wildman–Crippen LogP) is 3.10. The summed E-state index contributed by atoms with van der Waals surface area (Å²) in [5.74, 6) is 1.01. The topological polar surface area (TPSA) is 20.2 Å². The van der Waals surface area contributed by atoms with Crippen molar-refractivity contribution in [2.75, 3.05) is 12.4 Å². The third kappa shape index (κ3) is 1.88. The minimum Gasteiger partial charge on any atom is -0.395 e. The van der Waals surface area contributed by atoms with Gasteiger partial charge in [0.05, 0.1) is 15.0 Å². The molecule has 1 aliphatic rings. The van der Waals surface area contributed by atoms with E-state index >= 15 is 0 Å². The first-order valence-corrected chi connectivity index (χ1v) is 7.24. The Morgan fingerprint density at radius 3 is 2.92 bits per heavy atom. The van der Waals surface area contributed by atoms with E-state index in [4.69, 9.17) is 17.3 Å². The second kappa shape index (κ2) is 3.98. The molecule has 12 heavy (non-hydrogen) atoms. The zero-order valence-electron chi connectivity index (χ0n) is 5.98. The van der Waals surface area contributed by atoms with Gasteiger partial charge in [-0.15, -0.1) is 46.2 Å². The van der Waals surface area contributed by atoms with Crippen LogP contribution in [0.3, 0.4) is 0 Å². The lowest BCUT2D eigenvalue weighted by Crippen LogP contribution is -2.13. The van der Waals surface area contributed by atoms with Crippen molar-refractivity contribution < 1.29 is 5.11 Å². The summed E-state index contributed by atoms with van der Waals surface area (Å²) >= 11 is 12.1. The van der Waals surface area contributed by atoms with Gasteiger partial charge in [0.2, 0.25) is 0 Å². The van der Waals surface area contributed by atoms with Crippen LogP contribution in [0.15, 0.2) is 8.42 Å². The number of aliphatic hydroxyl groups is 1. The lowest BCUT2D eigenvalue weighted by atomic mass is 10.5. The van der Waals surface area contributed by atoms with Crippen molar-refractivity contribution in [3.8, 4) is 0 Å². The zero-order chi connectivity index (χ0) is 8.55. The fraction of sp³-hybridized carbons (Fsp3) is 0.500. The Hall–Kier alpha value is 0.930. The van der Waals surface area contributed by atoms with Gasteiger partial charge in [-0.3, -0.25) is 0 Å². The molecule has 2 heterocycles. The van der Waals surface area contributed by atoms with Crippen LogP contribution in [0.4, 0.5) is 0 Å². The van der Waals surface area contributed by atoms with Gasteiger partial charge in [-0.25, -0.2) is 0 Å². The molecule has 0 fully saturated rings. The van der Waals surface area contributed by atoms with E-state index in [0.29, 0.717) is 5.25 Å². The van der Waals surface area contributed by atoms with Gasteiger partial charge in [0.15, 0.2) is 0 Å². The molecule has 1 nitrogen and oxygen atoms in total. The van der Waals surface area contributed by atoms with Gasteiger partial charge in [-0.1, -0.05) is 12.2 Å². The molecule has 1 aliphatic heterocycles. The van der Waals surface area contributed by atoms with E-state index in [-0.39, 0.29) is 6.61 Å². The summed E-state index contributed by atoms with van der Waals surface area (Å²) in [6.45, 7) is 0.270. The fourth-order valence-electron chi connectivity index (χ4n) is 0.860. The third-order valence-corrected chi connectivity index (χ3v) is 7.48. The van der Waals surface area contributed by atoms with Crippen molar-refractivity contribution in [1.82, 2.24) is 0 Å². The van der Waals surface area contributed by atoms with Gasteiger partial charge in [0.1, 0.15) is 3.14 Å². The standard InChI is InChI=1S/C6H6OS5/c7-1-3-2-9-4-5(10-3)12-6(8)11-4/h3,7H,1-2H2/t3-/m1/s1. The maximum Gasteiger partial charge on any atom is 0.145 e. The van der Waals surface area contributed by atoms with Gasteiger partial charge in [-0.2, -0.15) is 0 Å². The second-order valence-electron chi connectivity index (χ2n) is 2.26. The van der Waals surface area contributed by atoms with Gasteiger partial charge in [0.25, 0.3) is 0 Å². The highest BCUT2D eigenvalue weighted by Gasteiger charge is 2.21. The zero-order valence-corrected chi connectivity index (χ0v) is 10.1. The molecule has 66 valence electrons. The van der Waals surface area contributed by atoms with Crippen molar-refractivity contribution in [2.24, 2.45) is 0 Å². The molecule has 0 radical (unpaired) electrons. The number of fused-ring (bicyclic) bond motifs is 1. The molecule has 2 rings (SSSR count). The molecule has 0 aromatic carbocycles. The SMILES string of the molecule is OC[C@@H]1CSc2sc(=S)sc2S1. The van der Waals surface area contributed by atoms with Crippen LogP contribution in [0.2, 0.25) is 0 Å². The summed E-state index contributed by atoms with van der Waals surface area (Å²) in [6.07, 6.45) is 0. The molecular formula is C6H6OS5. The van der Waals surface area contributed by atoms with Crippen LogP contribution in [0.5, 0.6) is 0 Å². The summed E-state index contributed by atoms with van der Waals surface area (Å²) in [5.41, 5.74) is 0. The van der Waals surface area contributed by atoms with E-state index in [2.05, 4.69) is 0 Å². The Bertz CT molecular complexity index is 327. The normalized spacial score (nSPS) is 22.2. The highest BCUT2D eigenvalue weighted by Crippen LogP contribution is 2.47. The van der Waals surface area contributed by atoms with Gasteiger partial charge in [0, 0.05) is 11.0 Å². The molecule has 0 amide bonds. The molecule has 1 aromatic heterocycles. The smallest absolute Gasteiger partial charge is 0.145 e. The quantitative estimate of drug-likeness (QED) is 0.777. The lowest BCUT2D eigenvalue weighted by molar-refractivity contribution is 0.301. The summed E-state index contributed by atoms with van der Waals surface area (Å²) in [7, 11) is 0. The van der Waals surface area contributed by atoms with Crippen LogP contribution in [-0.2, 0) is 0 Å². The Morgan fingerprint density at radius 1 is 1.42 bits per heavy atom. The van der Waals surface area contributed by atoms with Crippen molar-refractivity contribution in [3.05, 3.63) is 3.14 Å². The van der Waals surface area contributed by atoms with Crippen LogP contribution in [0.1, 0.15) is 0 Å². The number of rotatable bonds is 1. The van der Waals surface area contributed by atoms with Gasteiger partial charge < -0.3 is 5.11 Å². The van der Waals surface area contributed by atoms with Crippen molar-refractivity contribution in [2.45, 2.75) is 13.7 Å². The average Bonchev–Trinajstić information content (AvgIpc) is 2.43. The largest absolute Gasteiger partial charge is 0.395 e. The molecule has 0 unspecified atom stereocenters. The van der Waals surface area contributed by atoms with Crippen LogP contribution in [0.25, 0.3) is 0 Å². The highest BCUT2D eigenvalue weighted by molar-refractivity contribution is 8.08. The summed E-state index contributed by atoms with van der Waals surface area (Å²) in [5, 5.41) is 9.33.